The van der Waals surface area contributed by atoms with Crippen LogP contribution in [0.25, 0.3) is 0 Å². The van der Waals surface area contributed by atoms with Gasteiger partial charge in [0.2, 0.25) is 0 Å². The lowest BCUT2D eigenvalue weighted by molar-refractivity contribution is 0.130. The molecule has 1 aromatic carbocycles. The number of methoxy groups -OCH3 is 1. The molecule has 1 heterocycles. The number of rotatable bonds is 5. The molecule has 0 unspecified atom stereocenters. The average Bonchev–Trinajstić information content (AvgIpc) is 2.47. The number of halogens is 2. The smallest absolute Gasteiger partial charge is 0.321 e. The first-order valence-electron chi connectivity index (χ1n) is 7.32. The number of hydrogen-bond acceptors (Lipinski definition) is 3. The van der Waals surface area contributed by atoms with Gasteiger partial charge in [-0.05, 0) is 24.6 Å². The van der Waals surface area contributed by atoms with Crippen LogP contribution in [0.5, 0.6) is 0 Å². The standard InChI is InChI=1S/C15H21Cl2N3O2/c1-22-8-2-3-19-4-6-20(7-5-19)15(21)18-14-10-12(16)9-13(17)11-14/h9-11H,2-8H2,1H3,(H,18,21). The van der Waals surface area contributed by atoms with Crippen molar-refractivity contribution in [3.05, 3.63) is 28.2 Å². The molecule has 1 fully saturated rings. The molecule has 0 radical (unpaired) electrons. The summed E-state index contributed by atoms with van der Waals surface area (Å²) in [6.45, 7) is 4.98. The molecule has 2 amide bonds. The Labute approximate surface area is 141 Å². The van der Waals surface area contributed by atoms with Crippen LogP contribution in [0.2, 0.25) is 10.0 Å². The molecule has 0 aliphatic carbocycles. The normalized spacial score (nSPS) is 15.9. The van der Waals surface area contributed by atoms with Gasteiger partial charge in [-0.15, -0.1) is 0 Å². The molecule has 2 rings (SSSR count). The number of benzene rings is 1. The lowest BCUT2D eigenvalue weighted by atomic mass is 10.3. The van der Waals surface area contributed by atoms with E-state index in [0.29, 0.717) is 28.8 Å². The van der Waals surface area contributed by atoms with E-state index >= 15 is 0 Å². The third-order valence-electron chi connectivity index (χ3n) is 3.60. The van der Waals surface area contributed by atoms with Gasteiger partial charge >= 0.3 is 6.03 Å². The van der Waals surface area contributed by atoms with Crippen molar-refractivity contribution in [1.82, 2.24) is 9.80 Å². The molecule has 0 spiro atoms. The van der Waals surface area contributed by atoms with Crippen molar-refractivity contribution in [1.29, 1.82) is 0 Å². The molecule has 1 aromatic rings. The van der Waals surface area contributed by atoms with Crippen molar-refractivity contribution in [3.63, 3.8) is 0 Å². The van der Waals surface area contributed by atoms with Crippen molar-refractivity contribution >= 4 is 34.9 Å². The fourth-order valence-corrected chi connectivity index (χ4v) is 2.96. The van der Waals surface area contributed by atoms with Crippen LogP contribution in [0.4, 0.5) is 10.5 Å². The number of anilines is 1. The average molecular weight is 346 g/mol. The summed E-state index contributed by atoms with van der Waals surface area (Å²) < 4.78 is 5.06. The Hall–Kier alpha value is -1.01. The van der Waals surface area contributed by atoms with Crippen molar-refractivity contribution in [2.75, 3.05) is 51.8 Å². The summed E-state index contributed by atoms with van der Waals surface area (Å²) in [5, 5.41) is 3.85. The summed E-state index contributed by atoms with van der Waals surface area (Å²) in [4.78, 5) is 16.4. The van der Waals surface area contributed by atoms with E-state index < -0.39 is 0 Å². The van der Waals surface area contributed by atoms with Gasteiger partial charge in [0.15, 0.2) is 0 Å². The topological polar surface area (TPSA) is 44.8 Å². The largest absolute Gasteiger partial charge is 0.385 e. The molecule has 1 N–H and O–H groups in total. The Bertz CT molecular complexity index is 485. The minimum Gasteiger partial charge on any atom is -0.385 e. The highest BCUT2D eigenvalue weighted by molar-refractivity contribution is 6.35. The fourth-order valence-electron chi connectivity index (χ4n) is 2.44. The van der Waals surface area contributed by atoms with Gasteiger partial charge in [-0.25, -0.2) is 4.79 Å². The SMILES string of the molecule is COCCCN1CCN(C(=O)Nc2cc(Cl)cc(Cl)c2)CC1. The monoisotopic (exact) mass is 345 g/mol. The first-order valence-corrected chi connectivity index (χ1v) is 8.07. The van der Waals surface area contributed by atoms with Crippen molar-refractivity contribution in [3.8, 4) is 0 Å². The number of amides is 2. The molecule has 1 saturated heterocycles. The number of nitrogens with one attached hydrogen (secondary N) is 1. The predicted molar refractivity (Wildman–Crippen MR) is 90.0 cm³/mol. The Morgan fingerprint density at radius 1 is 1.18 bits per heavy atom. The quantitative estimate of drug-likeness (QED) is 0.833. The molecule has 0 saturated carbocycles. The summed E-state index contributed by atoms with van der Waals surface area (Å²) in [7, 11) is 1.71. The van der Waals surface area contributed by atoms with Crippen LogP contribution in [-0.4, -0.2) is 62.3 Å². The van der Waals surface area contributed by atoms with Gasteiger partial charge in [-0.2, -0.15) is 0 Å². The van der Waals surface area contributed by atoms with Crippen molar-refractivity contribution < 1.29 is 9.53 Å². The maximum atomic E-state index is 12.2. The summed E-state index contributed by atoms with van der Waals surface area (Å²) in [6.07, 6.45) is 1.02. The Morgan fingerprint density at radius 3 is 2.41 bits per heavy atom. The zero-order valence-electron chi connectivity index (χ0n) is 12.6. The third-order valence-corrected chi connectivity index (χ3v) is 4.03. The van der Waals surface area contributed by atoms with Crippen LogP contribution in [-0.2, 0) is 4.74 Å². The molecule has 0 bridgehead atoms. The van der Waals surface area contributed by atoms with Gasteiger partial charge in [-0.1, -0.05) is 23.2 Å². The third kappa shape index (κ3) is 5.32. The molecule has 7 heteroatoms. The molecule has 122 valence electrons. The number of carbonyl (C=O) groups is 1. The van der Waals surface area contributed by atoms with Crippen LogP contribution < -0.4 is 5.32 Å². The maximum Gasteiger partial charge on any atom is 0.321 e. The molecule has 1 aliphatic rings. The van der Waals surface area contributed by atoms with Crippen LogP contribution in [0.3, 0.4) is 0 Å². The van der Waals surface area contributed by atoms with E-state index in [1.165, 1.54) is 0 Å². The van der Waals surface area contributed by atoms with E-state index in [0.717, 1.165) is 32.7 Å². The van der Waals surface area contributed by atoms with E-state index in [1.807, 2.05) is 4.90 Å². The summed E-state index contributed by atoms with van der Waals surface area (Å²) >= 11 is 11.9. The highest BCUT2D eigenvalue weighted by Gasteiger charge is 2.20. The first kappa shape index (κ1) is 17.3. The second-order valence-electron chi connectivity index (χ2n) is 5.26. The van der Waals surface area contributed by atoms with E-state index in [4.69, 9.17) is 27.9 Å². The second kappa shape index (κ2) is 8.58. The van der Waals surface area contributed by atoms with E-state index in [2.05, 4.69) is 10.2 Å². The van der Waals surface area contributed by atoms with E-state index in [9.17, 15) is 4.79 Å². The van der Waals surface area contributed by atoms with Gasteiger partial charge < -0.3 is 15.0 Å². The van der Waals surface area contributed by atoms with E-state index in [1.54, 1.807) is 25.3 Å². The van der Waals surface area contributed by atoms with E-state index in [-0.39, 0.29) is 6.03 Å². The van der Waals surface area contributed by atoms with Crippen LogP contribution in [0.15, 0.2) is 18.2 Å². The predicted octanol–water partition coefficient (Wildman–Crippen LogP) is 3.18. The molecular formula is C15H21Cl2N3O2. The molecule has 0 aromatic heterocycles. The number of urea groups is 1. The minimum absolute atomic E-state index is 0.116. The highest BCUT2D eigenvalue weighted by Crippen LogP contribution is 2.22. The minimum atomic E-state index is -0.116. The Kier molecular flexibility index (Phi) is 6.76. The molecule has 5 nitrogen and oxygen atoms in total. The van der Waals surface area contributed by atoms with Crippen LogP contribution in [0, 0.1) is 0 Å². The molecular weight excluding hydrogens is 325 g/mol. The van der Waals surface area contributed by atoms with Gasteiger partial charge in [0, 0.05) is 62.2 Å². The van der Waals surface area contributed by atoms with Crippen molar-refractivity contribution in [2.24, 2.45) is 0 Å². The highest BCUT2D eigenvalue weighted by atomic mass is 35.5. The lowest BCUT2D eigenvalue weighted by Gasteiger charge is -2.34. The number of hydrogen-bond donors (Lipinski definition) is 1. The Balaban J connectivity index is 1.79. The molecule has 22 heavy (non-hydrogen) atoms. The Morgan fingerprint density at radius 2 is 1.82 bits per heavy atom. The van der Waals surface area contributed by atoms with Gasteiger partial charge in [0.1, 0.15) is 0 Å². The zero-order chi connectivity index (χ0) is 15.9. The lowest BCUT2D eigenvalue weighted by Crippen LogP contribution is -2.50. The van der Waals surface area contributed by atoms with Gasteiger partial charge in [-0.3, -0.25) is 4.90 Å². The fraction of sp³-hybridized carbons (Fsp3) is 0.533. The number of nitrogens with zero attached hydrogens (tertiary/aromatic N) is 2. The van der Waals surface area contributed by atoms with Gasteiger partial charge in [0.25, 0.3) is 0 Å². The molecule has 0 atom stereocenters. The van der Waals surface area contributed by atoms with Crippen molar-refractivity contribution in [2.45, 2.75) is 6.42 Å². The van der Waals surface area contributed by atoms with Gasteiger partial charge in [0.05, 0.1) is 0 Å². The number of carbonyl (C=O) groups excluding carboxylic acids is 1. The second-order valence-corrected chi connectivity index (χ2v) is 6.14. The number of piperazine rings is 1. The summed E-state index contributed by atoms with van der Waals surface area (Å²) in [5.74, 6) is 0. The summed E-state index contributed by atoms with van der Waals surface area (Å²) in [5.41, 5.74) is 0.616. The molecule has 1 aliphatic heterocycles. The first-order chi connectivity index (χ1) is 10.6. The zero-order valence-corrected chi connectivity index (χ0v) is 14.2. The number of ether oxygens (including phenoxy) is 1. The summed E-state index contributed by atoms with van der Waals surface area (Å²) in [6, 6.07) is 4.89. The van der Waals surface area contributed by atoms with Crippen LogP contribution >= 0.6 is 23.2 Å². The maximum absolute atomic E-state index is 12.2. The van der Waals surface area contributed by atoms with Crippen LogP contribution in [0.1, 0.15) is 6.42 Å².